The lowest BCUT2D eigenvalue weighted by Crippen LogP contribution is -2.11. The fourth-order valence-electron chi connectivity index (χ4n) is 2.82. The van der Waals surface area contributed by atoms with Crippen molar-refractivity contribution in [1.82, 2.24) is 14.8 Å². The second-order valence-electron chi connectivity index (χ2n) is 5.60. The van der Waals surface area contributed by atoms with Gasteiger partial charge in [0.1, 0.15) is 0 Å². The average Bonchev–Trinajstić information content (AvgIpc) is 3.22. The van der Waals surface area contributed by atoms with Crippen LogP contribution in [0.3, 0.4) is 0 Å². The molecule has 1 N–H and O–H groups in total. The number of thiophene rings is 1. The number of aryl methyl sites for hydroxylation is 2. The van der Waals surface area contributed by atoms with Crippen LogP contribution in [0.25, 0.3) is 21.9 Å². The highest BCUT2D eigenvalue weighted by Crippen LogP contribution is 2.27. The van der Waals surface area contributed by atoms with Crippen LogP contribution in [0.2, 0.25) is 0 Å². The van der Waals surface area contributed by atoms with Gasteiger partial charge in [0.25, 0.3) is 5.91 Å². The summed E-state index contributed by atoms with van der Waals surface area (Å²) in [6.07, 6.45) is 0. The zero-order valence-corrected chi connectivity index (χ0v) is 14.2. The predicted molar refractivity (Wildman–Crippen MR) is 97.7 cm³/mol. The molecule has 0 unspecified atom stereocenters. The SMILES string of the molecule is CCn1nc(NC(=O)c2cccs2)c2cc3cccc(C)c3nc21. The topological polar surface area (TPSA) is 59.8 Å². The fourth-order valence-corrected chi connectivity index (χ4v) is 3.44. The van der Waals surface area contributed by atoms with E-state index >= 15 is 0 Å². The number of rotatable bonds is 3. The second-order valence-corrected chi connectivity index (χ2v) is 6.55. The number of carbonyl (C=O) groups is 1. The maximum absolute atomic E-state index is 12.4. The molecule has 1 amide bonds. The van der Waals surface area contributed by atoms with Gasteiger partial charge in [0, 0.05) is 11.9 Å². The summed E-state index contributed by atoms with van der Waals surface area (Å²) < 4.78 is 1.82. The predicted octanol–water partition coefficient (Wildman–Crippen LogP) is 4.23. The number of pyridine rings is 1. The van der Waals surface area contributed by atoms with Gasteiger partial charge in [-0.3, -0.25) is 4.79 Å². The van der Waals surface area contributed by atoms with Crippen molar-refractivity contribution in [2.24, 2.45) is 0 Å². The first-order valence-electron chi connectivity index (χ1n) is 7.79. The molecule has 0 aliphatic heterocycles. The number of hydrogen-bond acceptors (Lipinski definition) is 4. The Bertz CT molecular complexity index is 1050. The van der Waals surface area contributed by atoms with Gasteiger partial charge in [-0.05, 0) is 36.9 Å². The maximum atomic E-state index is 12.4. The van der Waals surface area contributed by atoms with Crippen LogP contribution >= 0.6 is 11.3 Å². The molecule has 0 aliphatic rings. The number of carbonyl (C=O) groups excluding carboxylic acids is 1. The molecule has 1 aromatic carbocycles. The van der Waals surface area contributed by atoms with Gasteiger partial charge in [-0.2, -0.15) is 5.10 Å². The summed E-state index contributed by atoms with van der Waals surface area (Å²) in [6, 6.07) is 11.8. The molecule has 3 aromatic heterocycles. The Balaban J connectivity index is 1.88. The van der Waals surface area contributed by atoms with Crippen LogP contribution in [0.15, 0.2) is 41.8 Å². The van der Waals surface area contributed by atoms with Gasteiger partial charge >= 0.3 is 0 Å². The Kier molecular flexibility index (Phi) is 3.54. The molecule has 120 valence electrons. The molecule has 4 rings (SSSR count). The molecule has 0 fully saturated rings. The van der Waals surface area contributed by atoms with E-state index in [-0.39, 0.29) is 5.91 Å². The Hall–Kier alpha value is -2.73. The number of nitrogens with zero attached hydrogens (tertiary/aromatic N) is 3. The Morgan fingerprint density at radius 3 is 2.92 bits per heavy atom. The molecule has 0 saturated carbocycles. The van der Waals surface area contributed by atoms with Crippen molar-refractivity contribution in [2.45, 2.75) is 20.4 Å². The lowest BCUT2D eigenvalue weighted by atomic mass is 10.1. The molecule has 0 radical (unpaired) electrons. The number of aromatic nitrogens is 3. The van der Waals surface area contributed by atoms with Crippen LogP contribution in [0, 0.1) is 6.92 Å². The van der Waals surface area contributed by atoms with Crippen molar-refractivity contribution in [2.75, 3.05) is 5.32 Å². The summed E-state index contributed by atoms with van der Waals surface area (Å²) >= 11 is 1.41. The van der Waals surface area contributed by atoms with E-state index in [9.17, 15) is 4.79 Å². The smallest absolute Gasteiger partial charge is 0.266 e. The van der Waals surface area contributed by atoms with E-state index in [1.807, 2.05) is 54.2 Å². The van der Waals surface area contributed by atoms with E-state index in [1.165, 1.54) is 11.3 Å². The van der Waals surface area contributed by atoms with E-state index in [0.29, 0.717) is 17.2 Å². The zero-order chi connectivity index (χ0) is 16.7. The Morgan fingerprint density at radius 2 is 2.17 bits per heavy atom. The standard InChI is InChI=1S/C18H16N4OS/c1-3-22-17-13(10-12-7-4-6-11(2)15(12)19-17)16(21-22)20-18(23)14-8-5-9-24-14/h4-10H,3H2,1-2H3,(H,20,21,23). The largest absolute Gasteiger partial charge is 0.304 e. The van der Waals surface area contributed by atoms with Crippen LogP contribution in [0.5, 0.6) is 0 Å². The van der Waals surface area contributed by atoms with Crippen LogP contribution < -0.4 is 5.32 Å². The van der Waals surface area contributed by atoms with Crippen molar-refractivity contribution >= 4 is 45.0 Å². The van der Waals surface area contributed by atoms with Crippen LogP contribution in [0.4, 0.5) is 5.82 Å². The molecule has 3 heterocycles. The summed E-state index contributed by atoms with van der Waals surface area (Å²) in [4.78, 5) is 17.8. The molecule has 24 heavy (non-hydrogen) atoms. The zero-order valence-electron chi connectivity index (χ0n) is 13.4. The number of hydrogen-bond donors (Lipinski definition) is 1. The molecule has 0 aliphatic carbocycles. The van der Waals surface area contributed by atoms with Crippen molar-refractivity contribution in [1.29, 1.82) is 0 Å². The van der Waals surface area contributed by atoms with Crippen molar-refractivity contribution < 1.29 is 4.79 Å². The summed E-state index contributed by atoms with van der Waals surface area (Å²) in [5.41, 5.74) is 2.89. The van der Waals surface area contributed by atoms with Gasteiger partial charge in [-0.25, -0.2) is 9.67 Å². The van der Waals surface area contributed by atoms with E-state index in [1.54, 1.807) is 6.07 Å². The number of fused-ring (bicyclic) bond motifs is 2. The lowest BCUT2D eigenvalue weighted by Gasteiger charge is -2.03. The average molecular weight is 336 g/mol. The summed E-state index contributed by atoms with van der Waals surface area (Å²) in [7, 11) is 0. The van der Waals surface area contributed by atoms with E-state index < -0.39 is 0 Å². The van der Waals surface area contributed by atoms with Crippen molar-refractivity contribution in [3.63, 3.8) is 0 Å². The molecule has 0 saturated heterocycles. The van der Waals surface area contributed by atoms with Crippen molar-refractivity contribution in [3.05, 3.63) is 52.2 Å². The van der Waals surface area contributed by atoms with Crippen LogP contribution in [0.1, 0.15) is 22.2 Å². The Morgan fingerprint density at radius 1 is 1.29 bits per heavy atom. The first-order valence-corrected chi connectivity index (χ1v) is 8.67. The number of benzene rings is 1. The third kappa shape index (κ3) is 2.35. The van der Waals surface area contributed by atoms with Crippen molar-refractivity contribution in [3.8, 4) is 0 Å². The molecular formula is C18H16N4OS. The molecule has 4 aromatic rings. The molecule has 0 bridgehead atoms. The third-order valence-electron chi connectivity index (χ3n) is 4.02. The highest BCUT2D eigenvalue weighted by molar-refractivity contribution is 7.12. The second kappa shape index (κ2) is 5.72. The summed E-state index contributed by atoms with van der Waals surface area (Å²) in [5.74, 6) is 0.415. The first-order chi connectivity index (χ1) is 11.7. The number of para-hydroxylation sites is 1. The van der Waals surface area contributed by atoms with E-state index in [4.69, 9.17) is 4.98 Å². The Labute approximate surface area is 142 Å². The lowest BCUT2D eigenvalue weighted by molar-refractivity contribution is 0.103. The normalized spacial score (nSPS) is 11.2. The monoisotopic (exact) mass is 336 g/mol. The highest BCUT2D eigenvalue weighted by atomic mass is 32.1. The van der Waals surface area contributed by atoms with Gasteiger partial charge in [0.15, 0.2) is 11.5 Å². The minimum Gasteiger partial charge on any atom is -0.304 e. The highest BCUT2D eigenvalue weighted by Gasteiger charge is 2.16. The maximum Gasteiger partial charge on any atom is 0.266 e. The van der Waals surface area contributed by atoms with Gasteiger partial charge < -0.3 is 5.32 Å². The summed E-state index contributed by atoms with van der Waals surface area (Å²) in [5, 5.41) is 11.2. The number of anilines is 1. The van der Waals surface area contributed by atoms with Crippen LogP contribution in [-0.4, -0.2) is 20.7 Å². The fraction of sp³-hybridized carbons (Fsp3) is 0.167. The van der Waals surface area contributed by atoms with Gasteiger partial charge in [-0.1, -0.05) is 24.3 Å². The molecule has 0 atom stereocenters. The summed E-state index contributed by atoms with van der Waals surface area (Å²) in [6.45, 7) is 4.75. The van der Waals surface area contributed by atoms with Gasteiger partial charge in [-0.15, -0.1) is 11.3 Å². The minimum absolute atomic E-state index is 0.142. The molecule has 0 spiro atoms. The van der Waals surface area contributed by atoms with Gasteiger partial charge in [0.05, 0.1) is 15.8 Å². The van der Waals surface area contributed by atoms with Gasteiger partial charge in [0.2, 0.25) is 0 Å². The quantitative estimate of drug-likeness (QED) is 0.609. The third-order valence-corrected chi connectivity index (χ3v) is 4.89. The number of amides is 1. The minimum atomic E-state index is -0.142. The number of nitrogens with one attached hydrogen (secondary N) is 1. The first kappa shape index (κ1) is 14.8. The van der Waals surface area contributed by atoms with E-state index in [2.05, 4.69) is 10.4 Å². The molecule has 5 nitrogen and oxygen atoms in total. The molecule has 6 heteroatoms. The molecular weight excluding hydrogens is 320 g/mol. The van der Waals surface area contributed by atoms with E-state index in [0.717, 1.165) is 27.5 Å². The van der Waals surface area contributed by atoms with Crippen LogP contribution in [-0.2, 0) is 6.54 Å².